The minimum Gasteiger partial charge on any atom is -0.456 e. The quantitative estimate of drug-likeness (QED) is 0.183. The van der Waals surface area contributed by atoms with Crippen molar-refractivity contribution in [2.45, 2.75) is 19.0 Å². The number of hydrogen-bond donors (Lipinski definition) is 2. The van der Waals surface area contributed by atoms with E-state index >= 15 is 0 Å². The van der Waals surface area contributed by atoms with Gasteiger partial charge in [-0.2, -0.15) is 0 Å². The van der Waals surface area contributed by atoms with Gasteiger partial charge in [0.15, 0.2) is 0 Å². The second-order valence-corrected chi connectivity index (χ2v) is 16.4. The number of aromatic nitrogens is 1. The summed E-state index contributed by atoms with van der Waals surface area (Å²) in [6.45, 7) is 0. The lowest BCUT2D eigenvalue weighted by atomic mass is 9.99. The lowest BCUT2D eigenvalue weighted by molar-refractivity contribution is 0.565. The van der Waals surface area contributed by atoms with E-state index < -0.39 is 0 Å². The van der Waals surface area contributed by atoms with Crippen LogP contribution < -0.4 is 10.6 Å². The molecule has 5 heteroatoms. The summed E-state index contributed by atoms with van der Waals surface area (Å²) >= 11 is 1.86. The number of allylic oxidation sites excluding steroid dienone is 5. The summed E-state index contributed by atoms with van der Waals surface area (Å²) in [4.78, 5) is 0. The second kappa shape index (κ2) is 13.3. The molecule has 1 unspecified atom stereocenters. The molecule has 58 heavy (non-hydrogen) atoms. The molecular formula is C53H37N3OS. The Labute approximate surface area is 339 Å². The van der Waals surface area contributed by atoms with Crippen molar-refractivity contribution >= 4 is 81.0 Å². The summed E-state index contributed by atoms with van der Waals surface area (Å²) in [5, 5.41) is 15.1. The van der Waals surface area contributed by atoms with E-state index in [0.717, 1.165) is 62.9 Å². The molecule has 276 valence electrons. The van der Waals surface area contributed by atoms with E-state index in [-0.39, 0.29) is 6.17 Å². The van der Waals surface area contributed by atoms with Crippen molar-refractivity contribution in [2.75, 3.05) is 0 Å². The number of furan rings is 1. The summed E-state index contributed by atoms with van der Waals surface area (Å²) < 4.78 is 11.6. The summed E-state index contributed by atoms with van der Waals surface area (Å²) in [6.07, 6.45) is 13.2. The zero-order chi connectivity index (χ0) is 38.2. The molecule has 2 aliphatic rings. The number of nitrogens with zero attached hydrogens (tertiary/aromatic N) is 1. The van der Waals surface area contributed by atoms with Gasteiger partial charge in [-0.3, -0.25) is 0 Å². The van der Waals surface area contributed by atoms with E-state index in [4.69, 9.17) is 4.42 Å². The molecule has 1 aliphatic carbocycles. The molecule has 4 heterocycles. The first-order chi connectivity index (χ1) is 28.7. The number of thiophene rings is 1. The fraction of sp³-hybridized carbons (Fsp3) is 0.0566. The lowest BCUT2D eigenvalue weighted by Gasteiger charge is -2.25. The van der Waals surface area contributed by atoms with E-state index in [1.807, 2.05) is 11.3 Å². The maximum Gasteiger partial charge on any atom is 0.136 e. The van der Waals surface area contributed by atoms with Crippen molar-refractivity contribution in [1.82, 2.24) is 15.2 Å². The molecule has 0 fully saturated rings. The standard InChI is InChI=1S/C53H37N3OS/c1-3-12-33(13-4-1)44-27-28-45(34-14-5-2-6-15-34)55-53(54-44)42-18-11-21-48-52(42)41-26-23-35(30-49(41)57-48)36-22-25-40-43-32-37(24-29-50(43)58-51(40)31-36)56-46-19-9-7-16-38(46)39-17-8-10-20-47(39)56/h1,3-5,7-32,53-55H,2,6H2. The van der Waals surface area contributed by atoms with Crippen LogP contribution in [-0.4, -0.2) is 4.57 Å². The van der Waals surface area contributed by atoms with Crippen LogP contribution in [0.4, 0.5) is 0 Å². The van der Waals surface area contributed by atoms with Gasteiger partial charge >= 0.3 is 0 Å². The number of benzene rings is 7. The molecule has 0 saturated heterocycles. The summed E-state index contributed by atoms with van der Waals surface area (Å²) in [6, 6.07) is 54.9. The van der Waals surface area contributed by atoms with E-state index in [9.17, 15) is 0 Å². The molecule has 0 radical (unpaired) electrons. The molecule has 12 rings (SSSR count). The van der Waals surface area contributed by atoms with Gasteiger partial charge in [0.05, 0.1) is 11.0 Å². The Hall–Kier alpha value is -7.08. The lowest BCUT2D eigenvalue weighted by Crippen LogP contribution is -2.32. The maximum absolute atomic E-state index is 6.67. The average molecular weight is 764 g/mol. The zero-order valence-electron chi connectivity index (χ0n) is 31.6. The van der Waals surface area contributed by atoms with Crippen LogP contribution in [0, 0.1) is 0 Å². The highest BCUT2D eigenvalue weighted by Crippen LogP contribution is 2.41. The first-order valence-electron chi connectivity index (χ1n) is 20.0. The molecule has 4 nitrogen and oxygen atoms in total. The van der Waals surface area contributed by atoms with Crippen molar-refractivity contribution < 1.29 is 4.42 Å². The third kappa shape index (κ3) is 5.35. The van der Waals surface area contributed by atoms with Gasteiger partial charge in [0.2, 0.25) is 0 Å². The Bertz CT molecular complexity index is 3360. The Morgan fingerprint density at radius 2 is 1.28 bits per heavy atom. The van der Waals surface area contributed by atoms with Crippen molar-refractivity contribution in [3.8, 4) is 16.8 Å². The van der Waals surface area contributed by atoms with Crippen LogP contribution in [0.2, 0.25) is 0 Å². The SMILES string of the molecule is C1=CC(C2=CC=C(c3ccccc3)NC(c3cccc4oc5cc(-c6ccc7c(c6)sc6ccc(-n8c9ccccc9c9ccccc98)cc67)ccc5c34)N2)=CCC1. The Balaban J connectivity index is 0.922. The van der Waals surface area contributed by atoms with Gasteiger partial charge in [-0.1, -0.05) is 115 Å². The summed E-state index contributed by atoms with van der Waals surface area (Å²) in [7, 11) is 0. The molecular weight excluding hydrogens is 727 g/mol. The van der Waals surface area contributed by atoms with Gasteiger partial charge in [-0.05, 0) is 102 Å². The molecule has 0 saturated carbocycles. The number of fused-ring (bicyclic) bond motifs is 9. The Morgan fingerprint density at radius 3 is 2.09 bits per heavy atom. The highest BCUT2D eigenvalue weighted by Gasteiger charge is 2.23. The van der Waals surface area contributed by atoms with Gasteiger partial charge in [-0.15, -0.1) is 11.3 Å². The topological polar surface area (TPSA) is 42.1 Å². The number of para-hydroxylation sites is 2. The fourth-order valence-corrected chi connectivity index (χ4v) is 10.2. The van der Waals surface area contributed by atoms with Gasteiger partial charge < -0.3 is 19.6 Å². The third-order valence-electron chi connectivity index (χ3n) is 11.9. The molecule has 1 aliphatic heterocycles. The van der Waals surface area contributed by atoms with Gasteiger partial charge in [0.1, 0.15) is 17.3 Å². The molecule has 1 atom stereocenters. The van der Waals surface area contributed by atoms with Crippen LogP contribution in [0.3, 0.4) is 0 Å². The van der Waals surface area contributed by atoms with E-state index in [1.54, 1.807) is 0 Å². The summed E-state index contributed by atoms with van der Waals surface area (Å²) in [5.74, 6) is 0. The Morgan fingerprint density at radius 1 is 0.534 bits per heavy atom. The molecule has 0 spiro atoms. The van der Waals surface area contributed by atoms with E-state index in [2.05, 4.69) is 197 Å². The molecule has 10 aromatic rings. The van der Waals surface area contributed by atoms with Gasteiger partial charge in [0, 0.05) is 64.4 Å². The van der Waals surface area contributed by atoms with Gasteiger partial charge in [0.25, 0.3) is 0 Å². The predicted octanol–water partition coefficient (Wildman–Crippen LogP) is 14.1. The third-order valence-corrected chi connectivity index (χ3v) is 13.0. The smallest absolute Gasteiger partial charge is 0.136 e. The number of nitrogens with one attached hydrogen (secondary N) is 2. The predicted molar refractivity (Wildman–Crippen MR) is 244 cm³/mol. The van der Waals surface area contributed by atoms with Crippen LogP contribution in [0.1, 0.15) is 30.1 Å². The zero-order valence-corrected chi connectivity index (χ0v) is 32.4. The van der Waals surface area contributed by atoms with Crippen LogP contribution in [0.5, 0.6) is 0 Å². The van der Waals surface area contributed by atoms with Crippen LogP contribution in [0.25, 0.3) is 86.4 Å². The molecule has 0 bridgehead atoms. The van der Waals surface area contributed by atoms with E-state index in [1.165, 1.54) is 58.8 Å². The minimum atomic E-state index is -0.188. The van der Waals surface area contributed by atoms with Crippen molar-refractivity contribution in [3.05, 3.63) is 204 Å². The number of rotatable bonds is 5. The van der Waals surface area contributed by atoms with Crippen LogP contribution >= 0.6 is 11.3 Å². The molecule has 2 N–H and O–H groups in total. The van der Waals surface area contributed by atoms with Gasteiger partial charge in [-0.25, -0.2) is 0 Å². The van der Waals surface area contributed by atoms with Crippen molar-refractivity contribution in [1.29, 1.82) is 0 Å². The molecule has 3 aromatic heterocycles. The first kappa shape index (κ1) is 33.1. The summed E-state index contributed by atoms with van der Waals surface area (Å²) in [5.41, 5.74) is 13.4. The van der Waals surface area contributed by atoms with Crippen molar-refractivity contribution in [3.63, 3.8) is 0 Å². The number of hydrogen-bond acceptors (Lipinski definition) is 4. The maximum atomic E-state index is 6.67. The normalized spacial score (nSPS) is 15.8. The largest absolute Gasteiger partial charge is 0.456 e. The van der Waals surface area contributed by atoms with Crippen LogP contribution in [-0.2, 0) is 0 Å². The minimum absolute atomic E-state index is 0.188. The highest BCUT2D eigenvalue weighted by atomic mass is 32.1. The molecule has 7 aromatic carbocycles. The van der Waals surface area contributed by atoms with Crippen molar-refractivity contribution in [2.24, 2.45) is 0 Å². The first-order valence-corrected chi connectivity index (χ1v) is 20.8. The Kier molecular flexibility index (Phi) is 7.57. The molecule has 0 amide bonds. The average Bonchev–Trinajstić information content (AvgIpc) is 3.89. The fourth-order valence-electron chi connectivity index (χ4n) is 9.11. The monoisotopic (exact) mass is 763 g/mol. The van der Waals surface area contributed by atoms with E-state index in [0.29, 0.717) is 0 Å². The van der Waals surface area contributed by atoms with Crippen LogP contribution in [0.15, 0.2) is 198 Å². The second-order valence-electron chi connectivity index (χ2n) is 15.3. The highest BCUT2D eigenvalue weighted by molar-refractivity contribution is 7.25.